The average molecular weight is 265 g/mol. The van der Waals surface area contributed by atoms with Crippen molar-refractivity contribution in [1.82, 2.24) is 20.1 Å². The summed E-state index contributed by atoms with van der Waals surface area (Å²) < 4.78 is 1.70. The lowest BCUT2D eigenvalue weighted by Gasteiger charge is -2.08. The monoisotopic (exact) mass is 264 g/mol. The summed E-state index contributed by atoms with van der Waals surface area (Å²) in [4.78, 5) is 4.31. The molecule has 0 unspecified atom stereocenters. The Morgan fingerprint density at radius 1 is 1.44 bits per heavy atom. The van der Waals surface area contributed by atoms with Crippen LogP contribution in [0.1, 0.15) is 25.1 Å². The van der Waals surface area contributed by atoms with E-state index in [1.165, 1.54) is 5.56 Å². The Bertz CT molecular complexity index is 514. The lowest BCUT2D eigenvalue weighted by molar-refractivity contribution is 0.588. The Labute approximate surface area is 112 Å². The molecule has 0 aromatic carbocycles. The van der Waals surface area contributed by atoms with Crippen LogP contribution in [0.4, 0.5) is 0 Å². The van der Waals surface area contributed by atoms with Crippen LogP contribution >= 0.6 is 11.6 Å². The third kappa shape index (κ3) is 3.09. The number of pyridine rings is 1. The van der Waals surface area contributed by atoms with Gasteiger partial charge in [-0.1, -0.05) is 25.4 Å². The summed E-state index contributed by atoms with van der Waals surface area (Å²) in [7, 11) is 0. The largest absolute Gasteiger partial charge is 0.310 e. The molecular weight excluding hydrogens is 248 g/mol. The van der Waals surface area contributed by atoms with Crippen LogP contribution in [0.2, 0.25) is 5.02 Å². The molecule has 0 aliphatic heterocycles. The van der Waals surface area contributed by atoms with Crippen LogP contribution in [0, 0.1) is 6.92 Å². The van der Waals surface area contributed by atoms with Gasteiger partial charge in [0.15, 0.2) is 5.82 Å². The highest BCUT2D eigenvalue weighted by molar-refractivity contribution is 6.31. The zero-order valence-electron chi connectivity index (χ0n) is 10.8. The highest BCUT2D eigenvalue weighted by Crippen LogP contribution is 2.15. The number of nitrogens with one attached hydrogen (secondary N) is 1. The molecular formula is C13H17ClN4. The van der Waals surface area contributed by atoms with E-state index in [4.69, 9.17) is 11.6 Å². The fourth-order valence-corrected chi connectivity index (χ4v) is 1.70. The highest BCUT2D eigenvalue weighted by Gasteiger charge is 2.05. The molecule has 5 heteroatoms. The molecule has 2 rings (SSSR count). The van der Waals surface area contributed by atoms with E-state index in [1.54, 1.807) is 17.1 Å². The molecule has 0 atom stereocenters. The van der Waals surface area contributed by atoms with Crippen LogP contribution < -0.4 is 5.32 Å². The molecule has 2 aromatic heterocycles. The average Bonchev–Trinajstić information content (AvgIpc) is 2.68. The molecule has 0 radical (unpaired) electrons. The standard InChI is InChI=1S/C13H17ClN4/c1-9(2)16-7-11-4-5-15-13(6-11)18-8-12(14)10(3)17-18/h4-6,8-9,16H,7H2,1-3H3. The molecule has 0 amide bonds. The number of aromatic nitrogens is 3. The number of hydrogen-bond acceptors (Lipinski definition) is 3. The molecule has 0 bridgehead atoms. The molecule has 4 nitrogen and oxygen atoms in total. The fraction of sp³-hybridized carbons (Fsp3) is 0.385. The summed E-state index contributed by atoms with van der Waals surface area (Å²) in [6.45, 7) is 6.95. The number of hydrogen-bond donors (Lipinski definition) is 1. The Kier molecular flexibility index (Phi) is 3.99. The van der Waals surface area contributed by atoms with Crippen molar-refractivity contribution in [3.63, 3.8) is 0 Å². The zero-order valence-corrected chi connectivity index (χ0v) is 11.6. The summed E-state index contributed by atoms with van der Waals surface area (Å²) in [6.07, 6.45) is 3.57. The number of halogens is 1. The molecule has 2 aromatic rings. The van der Waals surface area contributed by atoms with Gasteiger partial charge >= 0.3 is 0 Å². The quantitative estimate of drug-likeness (QED) is 0.923. The lowest BCUT2D eigenvalue weighted by Crippen LogP contribution is -2.21. The molecule has 2 heterocycles. The van der Waals surface area contributed by atoms with Crippen LogP contribution in [0.5, 0.6) is 0 Å². The van der Waals surface area contributed by atoms with E-state index in [1.807, 2.05) is 19.1 Å². The minimum Gasteiger partial charge on any atom is -0.310 e. The third-order valence-corrected chi connectivity index (χ3v) is 2.97. The van der Waals surface area contributed by atoms with Crippen LogP contribution in [-0.2, 0) is 6.54 Å². The molecule has 1 N–H and O–H groups in total. The van der Waals surface area contributed by atoms with Gasteiger partial charge in [0.05, 0.1) is 16.9 Å². The third-order valence-electron chi connectivity index (χ3n) is 2.60. The van der Waals surface area contributed by atoms with Crippen molar-refractivity contribution in [3.8, 4) is 5.82 Å². The van der Waals surface area contributed by atoms with E-state index in [-0.39, 0.29) is 0 Å². The van der Waals surface area contributed by atoms with Gasteiger partial charge in [0.25, 0.3) is 0 Å². The minimum atomic E-state index is 0.461. The Hall–Kier alpha value is -1.39. The van der Waals surface area contributed by atoms with Gasteiger partial charge in [-0.2, -0.15) is 5.10 Å². The first-order valence-electron chi connectivity index (χ1n) is 5.96. The maximum atomic E-state index is 6.00. The van der Waals surface area contributed by atoms with Gasteiger partial charge in [0, 0.05) is 18.8 Å². The first kappa shape index (κ1) is 13.1. The van der Waals surface area contributed by atoms with E-state index in [9.17, 15) is 0 Å². The second-order valence-corrected chi connectivity index (χ2v) is 4.97. The van der Waals surface area contributed by atoms with Gasteiger partial charge in [-0.25, -0.2) is 9.67 Å². The van der Waals surface area contributed by atoms with E-state index >= 15 is 0 Å². The minimum absolute atomic E-state index is 0.461. The first-order chi connectivity index (χ1) is 8.56. The van der Waals surface area contributed by atoms with Crippen molar-refractivity contribution in [1.29, 1.82) is 0 Å². The normalized spacial score (nSPS) is 11.2. The van der Waals surface area contributed by atoms with Gasteiger partial charge in [-0.15, -0.1) is 0 Å². The molecule has 0 aliphatic carbocycles. The lowest BCUT2D eigenvalue weighted by atomic mass is 10.2. The predicted octanol–water partition coefficient (Wildman–Crippen LogP) is 2.73. The molecule has 0 aliphatic rings. The van der Waals surface area contributed by atoms with Gasteiger partial charge in [-0.3, -0.25) is 0 Å². The maximum Gasteiger partial charge on any atom is 0.153 e. The zero-order chi connectivity index (χ0) is 13.1. The maximum absolute atomic E-state index is 6.00. The molecule has 0 fully saturated rings. The molecule has 0 saturated carbocycles. The number of aryl methyl sites for hydroxylation is 1. The summed E-state index contributed by atoms with van der Waals surface area (Å²) in [5.74, 6) is 0.785. The molecule has 18 heavy (non-hydrogen) atoms. The van der Waals surface area contributed by atoms with Crippen molar-refractivity contribution < 1.29 is 0 Å². The smallest absolute Gasteiger partial charge is 0.153 e. The van der Waals surface area contributed by atoms with Crippen molar-refractivity contribution in [2.75, 3.05) is 0 Å². The van der Waals surface area contributed by atoms with Crippen molar-refractivity contribution >= 4 is 11.6 Å². The Morgan fingerprint density at radius 2 is 2.22 bits per heavy atom. The highest BCUT2D eigenvalue weighted by atomic mass is 35.5. The summed E-state index contributed by atoms with van der Waals surface area (Å²) in [6, 6.07) is 4.47. The van der Waals surface area contributed by atoms with Crippen LogP contribution in [0.3, 0.4) is 0 Å². The molecule has 0 spiro atoms. The topological polar surface area (TPSA) is 42.7 Å². The van der Waals surface area contributed by atoms with Crippen molar-refractivity contribution in [2.45, 2.75) is 33.4 Å². The van der Waals surface area contributed by atoms with Crippen LogP contribution in [-0.4, -0.2) is 20.8 Å². The van der Waals surface area contributed by atoms with E-state index < -0.39 is 0 Å². The van der Waals surface area contributed by atoms with Gasteiger partial charge in [0.2, 0.25) is 0 Å². The van der Waals surface area contributed by atoms with Gasteiger partial charge in [-0.05, 0) is 24.6 Å². The molecule has 0 saturated heterocycles. The van der Waals surface area contributed by atoms with Crippen LogP contribution in [0.25, 0.3) is 5.82 Å². The summed E-state index contributed by atoms with van der Waals surface area (Å²) >= 11 is 6.00. The second-order valence-electron chi connectivity index (χ2n) is 4.56. The Morgan fingerprint density at radius 3 is 2.83 bits per heavy atom. The van der Waals surface area contributed by atoms with E-state index in [2.05, 4.69) is 29.2 Å². The first-order valence-corrected chi connectivity index (χ1v) is 6.34. The number of nitrogens with zero attached hydrogens (tertiary/aromatic N) is 3. The fourth-order valence-electron chi connectivity index (χ4n) is 1.57. The van der Waals surface area contributed by atoms with E-state index in [0.29, 0.717) is 11.1 Å². The van der Waals surface area contributed by atoms with Gasteiger partial charge in [0.1, 0.15) is 0 Å². The van der Waals surface area contributed by atoms with Crippen LogP contribution in [0.15, 0.2) is 24.5 Å². The van der Waals surface area contributed by atoms with E-state index in [0.717, 1.165) is 18.1 Å². The summed E-state index contributed by atoms with van der Waals surface area (Å²) in [5.41, 5.74) is 1.99. The SMILES string of the molecule is Cc1nn(-c2cc(CNC(C)C)ccn2)cc1Cl. The molecule has 96 valence electrons. The second kappa shape index (κ2) is 5.50. The predicted molar refractivity (Wildman–Crippen MR) is 73.1 cm³/mol. The summed E-state index contributed by atoms with van der Waals surface area (Å²) in [5, 5.41) is 8.35. The number of rotatable bonds is 4. The van der Waals surface area contributed by atoms with Crippen molar-refractivity contribution in [3.05, 3.63) is 40.8 Å². The van der Waals surface area contributed by atoms with Crippen molar-refractivity contribution in [2.24, 2.45) is 0 Å². The van der Waals surface area contributed by atoms with Gasteiger partial charge < -0.3 is 5.32 Å². The Balaban J connectivity index is 2.21.